The molecule has 0 radical (unpaired) electrons. The highest BCUT2D eigenvalue weighted by Crippen LogP contribution is 2.29. The van der Waals surface area contributed by atoms with Crippen molar-refractivity contribution in [2.45, 2.75) is 25.2 Å². The highest BCUT2D eigenvalue weighted by molar-refractivity contribution is 5.79. The molecule has 168 valence electrons. The Morgan fingerprint density at radius 2 is 1.85 bits per heavy atom. The van der Waals surface area contributed by atoms with E-state index in [1.54, 1.807) is 11.8 Å². The van der Waals surface area contributed by atoms with E-state index in [4.69, 9.17) is 9.26 Å². The predicted octanol–water partition coefficient (Wildman–Crippen LogP) is 2.67. The van der Waals surface area contributed by atoms with Gasteiger partial charge in [0, 0.05) is 24.6 Å². The number of piperidine rings is 1. The molecule has 10 nitrogen and oxygen atoms in total. The SMILES string of the molecule is COc1ccc(-c2noc(C3CCN(C(=O)Cc4ccc(-n5cnnn5)cc4)CC3)n2)cc1. The quantitative estimate of drug-likeness (QED) is 0.445. The number of rotatable bonds is 6. The summed E-state index contributed by atoms with van der Waals surface area (Å²) in [4.78, 5) is 19.3. The molecule has 2 aromatic heterocycles. The van der Waals surface area contributed by atoms with Crippen LogP contribution in [0.25, 0.3) is 17.1 Å². The van der Waals surface area contributed by atoms with Gasteiger partial charge in [-0.15, -0.1) is 5.10 Å². The van der Waals surface area contributed by atoms with Gasteiger partial charge in [-0.1, -0.05) is 17.3 Å². The van der Waals surface area contributed by atoms with Crippen LogP contribution in [0.1, 0.15) is 30.2 Å². The highest BCUT2D eigenvalue weighted by atomic mass is 16.5. The van der Waals surface area contributed by atoms with E-state index >= 15 is 0 Å². The van der Waals surface area contributed by atoms with Gasteiger partial charge in [-0.25, -0.2) is 4.68 Å². The molecular formula is C23H23N7O3. The van der Waals surface area contributed by atoms with Crippen LogP contribution >= 0.6 is 0 Å². The number of carbonyl (C=O) groups is 1. The summed E-state index contributed by atoms with van der Waals surface area (Å²) in [5, 5.41) is 15.3. The maximum atomic E-state index is 12.8. The Kier molecular flexibility index (Phi) is 5.79. The van der Waals surface area contributed by atoms with Crippen LogP contribution in [0.5, 0.6) is 5.75 Å². The Balaban J connectivity index is 1.15. The molecule has 0 N–H and O–H groups in total. The molecular weight excluding hydrogens is 422 g/mol. The molecule has 0 bridgehead atoms. The van der Waals surface area contributed by atoms with Crippen LogP contribution in [-0.4, -0.2) is 61.4 Å². The summed E-state index contributed by atoms with van der Waals surface area (Å²) in [5.41, 5.74) is 2.69. The number of amides is 1. The maximum absolute atomic E-state index is 12.8. The van der Waals surface area contributed by atoms with Crippen LogP contribution in [0.3, 0.4) is 0 Å². The van der Waals surface area contributed by atoms with Crippen LogP contribution in [0.4, 0.5) is 0 Å². The van der Waals surface area contributed by atoms with E-state index in [1.165, 1.54) is 6.33 Å². The van der Waals surface area contributed by atoms with Crippen molar-refractivity contribution in [1.29, 1.82) is 0 Å². The lowest BCUT2D eigenvalue weighted by Gasteiger charge is -2.30. The smallest absolute Gasteiger partial charge is 0.230 e. The molecule has 0 atom stereocenters. The molecule has 0 spiro atoms. The minimum atomic E-state index is 0.119. The molecule has 1 aliphatic heterocycles. The molecule has 4 aromatic rings. The Morgan fingerprint density at radius 1 is 1.09 bits per heavy atom. The summed E-state index contributed by atoms with van der Waals surface area (Å²) in [5.74, 6) is 2.25. The molecule has 0 unspecified atom stereocenters. The number of hydrogen-bond donors (Lipinski definition) is 0. The number of ether oxygens (including phenoxy) is 1. The predicted molar refractivity (Wildman–Crippen MR) is 118 cm³/mol. The second-order valence-electron chi connectivity index (χ2n) is 7.94. The molecule has 1 aliphatic rings. The third-order valence-corrected chi connectivity index (χ3v) is 5.89. The summed E-state index contributed by atoms with van der Waals surface area (Å²) >= 11 is 0. The fraction of sp³-hybridized carbons (Fsp3) is 0.304. The number of aromatic nitrogens is 6. The number of methoxy groups -OCH3 is 1. The van der Waals surface area contributed by atoms with Gasteiger partial charge < -0.3 is 14.2 Å². The zero-order valence-electron chi connectivity index (χ0n) is 18.2. The van der Waals surface area contributed by atoms with Crippen LogP contribution in [0.2, 0.25) is 0 Å². The van der Waals surface area contributed by atoms with Gasteiger partial charge in [-0.05, 0) is 65.2 Å². The van der Waals surface area contributed by atoms with Gasteiger partial charge in [0.05, 0.1) is 19.2 Å². The van der Waals surface area contributed by atoms with Crippen LogP contribution < -0.4 is 4.74 Å². The zero-order valence-corrected chi connectivity index (χ0v) is 18.2. The fourth-order valence-electron chi connectivity index (χ4n) is 3.97. The van der Waals surface area contributed by atoms with E-state index in [9.17, 15) is 4.79 Å². The van der Waals surface area contributed by atoms with Gasteiger partial charge in [-0.2, -0.15) is 4.98 Å². The lowest BCUT2D eigenvalue weighted by atomic mass is 9.96. The van der Waals surface area contributed by atoms with Crippen LogP contribution in [0, 0.1) is 0 Å². The number of likely N-dealkylation sites (tertiary alicyclic amines) is 1. The van der Waals surface area contributed by atoms with Gasteiger partial charge in [-0.3, -0.25) is 4.79 Å². The van der Waals surface area contributed by atoms with Crippen molar-refractivity contribution in [3.8, 4) is 22.8 Å². The first kappa shape index (κ1) is 20.8. The van der Waals surface area contributed by atoms with Crippen molar-refractivity contribution in [1.82, 2.24) is 35.2 Å². The van der Waals surface area contributed by atoms with Gasteiger partial charge in [0.1, 0.15) is 12.1 Å². The lowest BCUT2D eigenvalue weighted by molar-refractivity contribution is -0.131. The molecule has 33 heavy (non-hydrogen) atoms. The van der Waals surface area contributed by atoms with E-state index in [2.05, 4.69) is 25.7 Å². The molecule has 10 heteroatoms. The number of hydrogen-bond acceptors (Lipinski definition) is 8. The second kappa shape index (κ2) is 9.19. The molecule has 0 aliphatic carbocycles. The summed E-state index contributed by atoms with van der Waals surface area (Å²) in [6, 6.07) is 15.2. The van der Waals surface area contributed by atoms with E-state index in [0.29, 0.717) is 31.2 Å². The third kappa shape index (κ3) is 4.59. The molecule has 1 saturated heterocycles. The first-order chi connectivity index (χ1) is 16.2. The normalized spacial score (nSPS) is 14.4. The molecule has 0 saturated carbocycles. The summed E-state index contributed by atoms with van der Waals surface area (Å²) in [6.45, 7) is 1.35. The van der Waals surface area contributed by atoms with Gasteiger partial charge >= 0.3 is 0 Å². The van der Waals surface area contributed by atoms with Crippen LogP contribution in [-0.2, 0) is 11.2 Å². The van der Waals surface area contributed by atoms with Gasteiger partial charge in [0.25, 0.3) is 0 Å². The monoisotopic (exact) mass is 445 g/mol. The number of nitrogens with zero attached hydrogens (tertiary/aromatic N) is 7. The Morgan fingerprint density at radius 3 is 2.52 bits per heavy atom. The Labute approximate surface area is 190 Å². The molecule has 1 fully saturated rings. The molecule has 3 heterocycles. The number of carbonyl (C=O) groups excluding carboxylic acids is 1. The number of benzene rings is 2. The molecule has 5 rings (SSSR count). The lowest BCUT2D eigenvalue weighted by Crippen LogP contribution is -2.38. The third-order valence-electron chi connectivity index (χ3n) is 5.89. The summed E-state index contributed by atoms with van der Waals surface area (Å²) in [7, 11) is 1.63. The first-order valence-electron chi connectivity index (χ1n) is 10.8. The van der Waals surface area contributed by atoms with E-state index in [-0.39, 0.29) is 11.8 Å². The maximum Gasteiger partial charge on any atom is 0.230 e. The first-order valence-corrected chi connectivity index (χ1v) is 10.8. The topological polar surface area (TPSA) is 112 Å². The number of tetrazole rings is 1. The van der Waals surface area contributed by atoms with Crippen molar-refractivity contribution in [3.63, 3.8) is 0 Å². The van der Waals surface area contributed by atoms with Crippen molar-refractivity contribution in [2.24, 2.45) is 0 Å². The second-order valence-corrected chi connectivity index (χ2v) is 7.94. The minimum absolute atomic E-state index is 0.119. The standard InChI is InChI=1S/C23H23N7O3/c1-32-20-8-4-17(5-9-20)22-25-23(33-26-22)18-10-12-29(13-11-18)21(31)14-16-2-6-19(7-3-16)30-15-24-27-28-30/h2-9,15,18H,10-14H2,1H3. The summed E-state index contributed by atoms with van der Waals surface area (Å²) < 4.78 is 12.3. The Hall–Kier alpha value is -4.08. The van der Waals surface area contributed by atoms with E-state index in [1.807, 2.05) is 53.4 Å². The van der Waals surface area contributed by atoms with Gasteiger partial charge in [0.2, 0.25) is 17.6 Å². The van der Waals surface area contributed by atoms with Crippen molar-refractivity contribution in [3.05, 3.63) is 66.3 Å². The fourth-order valence-corrected chi connectivity index (χ4v) is 3.97. The Bertz CT molecular complexity index is 1200. The highest BCUT2D eigenvalue weighted by Gasteiger charge is 2.27. The largest absolute Gasteiger partial charge is 0.497 e. The zero-order chi connectivity index (χ0) is 22.6. The van der Waals surface area contributed by atoms with Gasteiger partial charge in [0.15, 0.2) is 0 Å². The average molecular weight is 445 g/mol. The summed E-state index contributed by atoms with van der Waals surface area (Å²) in [6.07, 6.45) is 3.50. The minimum Gasteiger partial charge on any atom is -0.497 e. The van der Waals surface area contributed by atoms with Crippen molar-refractivity contribution in [2.75, 3.05) is 20.2 Å². The van der Waals surface area contributed by atoms with Crippen LogP contribution in [0.15, 0.2) is 59.4 Å². The van der Waals surface area contributed by atoms with E-state index in [0.717, 1.165) is 35.4 Å². The molecule has 2 aromatic carbocycles. The van der Waals surface area contributed by atoms with E-state index < -0.39 is 0 Å². The van der Waals surface area contributed by atoms with Crippen molar-refractivity contribution < 1.29 is 14.1 Å². The average Bonchev–Trinajstić information content (AvgIpc) is 3.58. The van der Waals surface area contributed by atoms with Crippen molar-refractivity contribution >= 4 is 5.91 Å². The molecule has 1 amide bonds.